The van der Waals surface area contributed by atoms with Crippen molar-refractivity contribution in [3.8, 4) is 5.75 Å². The Bertz CT molecular complexity index is 466. The first kappa shape index (κ1) is 13.7. The molecule has 3 rings (SSSR count). The summed E-state index contributed by atoms with van der Waals surface area (Å²) >= 11 is 0. The molecule has 1 aromatic carbocycles. The van der Waals surface area contributed by atoms with Crippen LogP contribution in [0.2, 0.25) is 0 Å². The smallest absolute Gasteiger partial charge is 0.141 e. The van der Waals surface area contributed by atoms with E-state index >= 15 is 0 Å². The van der Waals surface area contributed by atoms with Crippen LogP contribution in [0.1, 0.15) is 44.1 Å². The number of rotatable bonds is 4. The highest BCUT2D eigenvalue weighted by molar-refractivity contribution is 5.58. The van der Waals surface area contributed by atoms with E-state index in [1.807, 2.05) is 6.07 Å². The largest absolute Gasteiger partial charge is 0.495 e. The van der Waals surface area contributed by atoms with Crippen LogP contribution in [0.3, 0.4) is 0 Å². The summed E-state index contributed by atoms with van der Waals surface area (Å²) in [7, 11) is 1.72. The Morgan fingerprint density at radius 2 is 2.10 bits per heavy atom. The average Bonchev–Trinajstić information content (AvgIpc) is 3.07. The maximum absolute atomic E-state index is 6.33. The zero-order valence-electron chi connectivity index (χ0n) is 12.6. The predicted molar refractivity (Wildman–Crippen MR) is 81.5 cm³/mol. The minimum atomic E-state index is 0.225. The zero-order chi connectivity index (χ0) is 14.0. The fourth-order valence-corrected chi connectivity index (χ4v) is 3.61. The molecule has 0 aromatic heterocycles. The van der Waals surface area contributed by atoms with Crippen molar-refractivity contribution in [2.24, 2.45) is 0 Å². The van der Waals surface area contributed by atoms with E-state index < -0.39 is 0 Å². The summed E-state index contributed by atoms with van der Waals surface area (Å²) in [5.74, 6) is 0.907. The molecule has 3 nitrogen and oxygen atoms in total. The lowest BCUT2D eigenvalue weighted by atomic mass is 9.98. The lowest BCUT2D eigenvalue weighted by Gasteiger charge is -2.24. The van der Waals surface area contributed by atoms with Crippen LogP contribution in [-0.2, 0) is 4.74 Å². The fraction of sp³-hybridized carbons (Fsp3) is 0.647. The molecule has 0 bridgehead atoms. The summed E-state index contributed by atoms with van der Waals surface area (Å²) in [6, 6.07) is 6.23. The van der Waals surface area contributed by atoms with Crippen molar-refractivity contribution in [3.63, 3.8) is 0 Å². The normalized spacial score (nSPS) is 24.2. The third kappa shape index (κ3) is 2.78. The van der Waals surface area contributed by atoms with Gasteiger partial charge in [-0.2, -0.15) is 0 Å². The van der Waals surface area contributed by atoms with Crippen molar-refractivity contribution in [3.05, 3.63) is 23.8 Å². The second kappa shape index (κ2) is 5.65. The molecule has 1 aliphatic heterocycles. The maximum atomic E-state index is 6.33. The molecule has 1 heterocycles. The quantitative estimate of drug-likeness (QED) is 0.903. The minimum Gasteiger partial charge on any atom is -0.495 e. The van der Waals surface area contributed by atoms with Crippen molar-refractivity contribution in [2.75, 3.05) is 19.0 Å². The Morgan fingerprint density at radius 1 is 1.30 bits per heavy atom. The van der Waals surface area contributed by atoms with E-state index in [4.69, 9.17) is 9.47 Å². The summed E-state index contributed by atoms with van der Waals surface area (Å²) in [5, 5.41) is 3.50. The van der Waals surface area contributed by atoms with Gasteiger partial charge in [0.15, 0.2) is 0 Å². The molecule has 20 heavy (non-hydrogen) atoms. The van der Waals surface area contributed by atoms with Gasteiger partial charge < -0.3 is 14.8 Å². The number of hydrogen-bond donors (Lipinski definition) is 1. The first-order valence-corrected chi connectivity index (χ1v) is 7.77. The van der Waals surface area contributed by atoms with E-state index in [2.05, 4.69) is 24.4 Å². The molecule has 1 atom stereocenters. The topological polar surface area (TPSA) is 30.5 Å². The number of methoxy groups -OCH3 is 1. The summed E-state index contributed by atoms with van der Waals surface area (Å²) < 4.78 is 11.7. The standard InChI is InChI=1S/C17H25NO2/c1-13-5-6-16(19-2)15(11-13)18-12-14-7-10-17(20-14)8-3-4-9-17/h5-6,11,14,18H,3-4,7-10,12H2,1-2H3. The molecule has 1 saturated carbocycles. The van der Waals surface area contributed by atoms with Gasteiger partial charge in [-0.1, -0.05) is 18.9 Å². The second-order valence-electron chi connectivity index (χ2n) is 6.25. The monoisotopic (exact) mass is 275 g/mol. The van der Waals surface area contributed by atoms with E-state index in [1.165, 1.54) is 44.1 Å². The Labute approximate surface area is 121 Å². The van der Waals surface area contributed by atoms with Gasteiger partial charge in [-0.3, -0.25) is 0 Å². The molecular formula is C17H25NO2. The Balaban J connectivity index is 1.59. The van der Waals surface area contributed by atoms with Crippen LogP contribution in [-0.4, -0.2) is 25.4 Å². The van der Waals surface area contributed by atoms with Crippen LogP contribution in [0, 0.1) is 6.92 Å². The van der Waals surface area contributed by atoms with Gasteiger partial charge in [-0.25, -0.2) is 0 Å². The first-order valence-electron chi connectivity index (χ1n) is 7.77. The molecule has 1 aromatic rings. The van der Waals surface area contributed by atoms with E-state index in [0.29, 0.717) is 6.10 Å². The van der Waals surface area contributed by atoms with Gasteiger partial charge in [-0.05, 0) is 50.3 Å². The summed E-state index contributed by atoms with van der Waals surface area (Å²) in [6.45, 7) is 2.98. The first-order chi connectivity index (χ1) is 9.71. The third-order valence-corrected chi connectivity index (χ3v) is 4.73. The zero-order valence-corrected chi connectivity index (χ0v) is 12.6. The maximum Gasteiger partial charge on any atom is 0.141 e. The van der Waals surface area contributed by atoms with Crippen LogP contribution in [0.25, 0.3) is 0 Å². The summed E-state index contributed by atoms with van der Waals surface area (Å²) in [4.78, 5) is 0. The highest BCUT2D eigenvalue weighted by Crippen LogP contribution is 2.43. The lowest BCUT2D eigenvalue weighted by molar-refractivity contribution is -0.0307. The molecule has 0 amide bonds. The van der Waals surface area contributed by atoms with Crippen molar-refractivity contribution in [1.82, 2.24) is 0 Å². The molecule has 3 heteroatoms. The van der Waals surface area contributed by atoms with Gasteiger partial charge in [0.1, 0.15) is 5.75 Å². The SMILES string of the molecule is COc1ccc(C)cc1NCC1CCC2(CCCC2)O1. The minimum absolute atomic E-state index is 0.225. The van der Waals surface area contributed by atoms with Gasteiger partial charge in [-0.15, -0.1) is 0 Å². The molecule has 2 fully saturated rings. The van der Waals surface area contributed by atoms with Crippen LogP contribution < -0.4 is 10.1 Å². The van der Waals surface area contributed by atoms with E-state index in [0.717, 1.165) is 18.0 Å². The van der Waals surface area contributed by atoms with Gasteiger partial charge in [0.25, 0.3) is 0 Å². The van der Waals surface area contributed by atoms with Gasteiger partial charge in [0.05, 0.1) is 24.5 Å². The Morgan fingerprint density at radius 3 is 2.85 bits per heavy atom. The molecular weight excluding hydrogens is 250 g/mol. The Kier molecular flexibility index (Phi) is 3.88. The second-order valence-corrected chi connectivity index (χ2v) is 6.25. The van der Waals surface area contributed by atoms with E-state index in [-0.39, 0.29) is 5.60 Å². The van der Waals surface area contributed by atoms with Crippen LogP contribution in [0.5, 0.6) is 5.75 Å². The Hall–Kier alpha value is -1.22. The number of hydrogen-bond acceptors (Lipinski definition) is 3. The van der Waals surface area contributed by atoms with E-state index in [1.54, 1.807) is 7.11 Å². The number of nitrogens with one attached hydrogen (secondary N) is 1. The number of anilines is 1. The highest BCUT2D eigenvalue weighted by Gasteiger charge is 2.41. The molecule has 1 saturated heterocycles. The molecule has 1 unspecified atom stereocenters. The molecule has 2 aliphatic rings. The molecule has 0 radical (unpaired) electrons. The van der Waals surface area contributed by atoms with Crippen molar-refractivity contribution in [2.45, 2.75) is 57.2 Å². The number of ether oxygens (including phenoxy) is 2. The van der Waals surface area contributed by atoms with Crippen molar-refractivity contribution in [1.29, 1.82) is 0 Å². The average molecular weight is 275 g/mol. The fourth-order valence-electron chi connectivity index (χ4n) is 3.61. The van der Waals surface area contributed by atoms with E-state index in [9.17, 15) is 0 Å². The molecule has 1 aliphatic carbocycles. The summed E-state index contributed by atoms with van der Waals surface area (Å²) in [5.41, 5.74) is 2.54. The summed E-state index contributed by atoms with van der Waals surface area (Å²) in [6.07, 6.45) is 7.97. The third-order valence-electron chi connectivity index (χ3n) is 4.73. The number of benzene rings is 1. The molecule has 1 spiro atoms. The molecule has 110 valence electrons. The van der Waals surface area contributed by atoms with Gasteiger partial charge in [0, 0.05) is 6.54 Å². The lowest BCUT2D eigenvalue weighted by Crippen LogP contribution is -2.28. The van der Waals surface area contributed by atoms with Crippen molar-refractivity contribution < 1.29 is 9.47 Å². The van der Waals surface area contributed by atoms with Crippen LogP contribution >= 0.6 is 0 Å². The molecule has 1 N–H and O–H groups in total. The van der Waals surface area contributed by atoms with Crippen LogP contribution in [0.4, 0.5) is 5.69 Å². The number of aryl methyl sites for hydroxylation is 1. The predicted octanol–water partition coefficient (Wildman–Crippen LogP) is 3.91. The van der Waals surface area contributed by atoms with Crippen LogP contribution in [0.15, 0.2) is 18.2 Å². The highest BCUT2D eigenvalue weighted by atomic mass is 16.5. The van der Waals surface area contributed by atoms with Gasteiger partial charge in [0.2, 0.25) is 0 Å². The van der Waals surface area contributed by atoms with Gasteiger partial charge >= 0.3 is 0 Å². The van der Waals surface area contributed by atoms with Crippen molar-refractivity contribution >= 4 is 5.69 Å².